The molecule has 0 amide bonds. The van der Waals surface area contributed by atoms with E-state index in [4.69, 9.17) is 30.9 Å². The molecule has 4 rings (SSSR count). The summed E-state index contributed by atoms with van der Waals surface area (Å²) in [6.45, 7) is 1.68. The van der Waals surface area contributed by atoms with Gasteiger partial charge in [0.1, 0.15) is 24.7 Å². The van der Waals surface area contributed by atoms with Crippen LogP contribution in [0, 0.1) is 0 Å². The van der Waals surface area contributed by atoms with Crippen LogP contribution >= 0.6 is 19.2 Å². The number of rotatable bonds is 8. The standard InChI is InChI=1S/C20H25ClN5O7P/c1-11(12-6-4-3-5-7-12)25(2)17-14-18(24-20(21)23-17)26(9-22-14)19-16(28)15(27)13(33-19)8-32-10-34(29,30)31/h3-7,9,11,13,15-16,19,27-28H,8,10H2,1-2H3,(H2,29,30,31)/t11-,13-,15-,16-,19-/m1/s1. The lowest BCUT2D eigenvalue weighted by atomic mass is 10.1. The number of ether oxygens (including phenoxy) is 2. The van der Waals surface area contributed by atoms with Crippen LogP contribution in [0.1, 0.15) is 24.8 Å². The van der Waals surface area contributed by atoms with Crippen LogP contribution in [0.5, 0.6) is 0 Å². The molecule has 1 saturated heterocycles. The maximum atomic E-state index is 11.0. The van der Waals surface area contributed by atoms with Crippen LogP contribution in [0.15, 0.2) is 36.7 Å². The van der Waals surface area contributed by atoms with E-state index in [1.807, 2.05) is 49.2 Å². The number of fused-ring (bicyclic) bond motifs is 1. The summed E-state index contributed by atoms with van der Waals surface area (Å²) in [6, 6.07) is 9.76. The first-order valence-corrected chi connectivity index (χ1v) is 12.6. The number of aliphatic hydroxyl groups is 2. The molecule has 0 bridgehead atoms. The lowest BCUT2D eigenvalue weighted by molar-refractivity contribution is -0.0612. The summed E-state index contributed by atoms with van der Waals surface area (Å²) in [6.07, 6.45) is -4.27. The van der Waals surface area contributed by atoms with Crippen LogP contribution in [0.3, 0.4) is 0 Å². The van der Waals surface area contributed by atoms with Crippen LogP contribution in [0.25, 0.3) is 11.2 Å². The highest BCUT2D eigenvalue weighted by molar-refractivity contribution is 7.51. The molecule has 34 heavy (non-hydrogen) atoms. The van der Waals surface area contributed by atoms with Gasteiger partial charge in [-0.1, -0.05) is 30.3 Å². The van der Waals surface area contributed by atoms with Gasteiger partial charge in [0.15, 0.2) is 23.2 Å². The first-order valence-electron chi connectivity index (χ1n) is 10.4. The number of benzene rings is 1. The summed E-state index contributed by atoms with van der Waals surface area (Å²) in [4.78, 5) is 32.8. The largest absolute Gasteiger partial charge is 0.387 e. The zero-order valence-electron chi connectivity index (χ0n) is 18.3. The van der Waals surface area contributed by atoms with Gasteiger partial charge in [0.25, 0.3) is 0 Å². The lowest BCUT2D eigenvalue weighted by Crippen LogP contribution is -2.34. The van der Waals surface area contributed by atoms with E-state index >= 15 is 0 Å². The molecule has 0 saturated carbocycles. The Kier molecular flexibility index (Phi) is 7.22. The Morgan fingerprint density at radius 1 is 1.24 bits per heavy atom. The molecule has 4 N–H and O–H groups in total. The van der Waals surface area contributed by atoms with Gasteiger partial charge >= 0.3 is 7.60 Å². The Labute approximate surface area is 199 Å². The molecule has 1 aliphatic rings. The van der Waals surface area contributed by atoms with Crippen molar-refractivity contribution in [1.82, 2.24) is 19.5 Å². The summed E-state index contributed by atoms with van der Waals surface area (Å²) in [5.74, 6) is 0.472. The monoisotopic (exact) mass is 513 g/mol. The smallest absolute Gasteiger partial charge is 0.350 e. The molecule has 0 spiro atoms. The van der Waals surface area contributed by atoms with E-state index in [2.05, 4.69) is 15.0 Å². The summed E-state index contributed by atoms with van der Waals surface area (Å²) in [5.41, 5.74) is 1.76. The van der Waals surface area contributed by atoms with E-state index in [1.165, 1.54) is 10.9 Å². The minimum atomic E-state index is -4.38. The van der Waals surface area contributed by atoms with Gasteiger partial charge in [0.2, 0.25) is 5.28 Å². The van der Waals surface area contributed by atoms with Crippen molar-refractivity contribution in [2.24, 2.45) is 0 Å². The lowest BCUT2D eigenvalue weighted by Gasteiger charge is -2.26. The Morgan fingerprint density at radius 3 is 2.62 bits per heavy atom. The van der Waals surface area contributed by atoms with Crippen molar-refractivity contribution in [3.63, 3.8) is 0 Å². The number of hydrogen-bond acceptors (Lipinski definition) is 9. The predicted octanol–water partition coefficient (Wildman–Crippen LogP) is 1.45. The summed E-state index contributed by atoms with van der Waals surface area (Å²) < 4.78 is 23.1. The van der Waals surface area contributed by atoms with Crippen LogP contribution < -0.4 is 4.90 Å². The topological polar surface area (TPSA) is 163 Å². The van der Waals surface area contributed by atoms with Crippen molar-refractivity contribution in [2.45, 2.75) is 37.5 Å². The third-order valence-electron chi connectivity index (χ3n) is 5.73. The number of aromatic nitrogens is 4. The molecular formula is C20H25ClN5O7P. The second-order valence-electron chi connectivity index (χ2n) is 8.05. The van der Waals surface area contributed by atoms with Crippen molar-refractivity contribution < 1.29 is 34.0 Å². The quantitative estimate of drug-likeness (QED) is 0.254. The second-order valence-corrected chi connectivity index (χ2v) is 9.97. The van der Waals surface area contributed by atoms with E-state index in [0.29, 0.717) is 11.3 Å². The highest BCUT2D eigenvalue weighted by Crippen LogP contribution is 2.37. The number of nitrogens with zero attached hydrogens (tertiary/aromatic N) is 5. The van der Waals surface area contributed by atoms with Gasteiger partial charge in [-0.2, -0.15) is 9.97 Å². The normalized spacial score (nSPS) is 24.0. The Bertz CT molecular complexity index is 1190. The molecule has 1 aromatic carbocycles. The van der Waals surface area contributed by atoms with Gasteiger partial charge in [-0.05, 0) is 24.1 Å². The molecule has 0 unspecified atom stereocenters. The van der Waals surface area contributed by atoms with Gasteiger partial charge < -0.3 is 34.4 Å². The van der Waals surface area contributed by atoms with Gasteiger partial charge in [0, 0.05) is 7.05 Å². The number of anilines is 1. The highest BCUT2D eigenvalue weighted by Gasteiger charge is 2.44. The Balaban J connectivity index is 1.61. The van der Waals surface area contributed by atoms with Crippen LogP contribution in [0.2, 0.25) is 5.28 Å². The zero-order valence-corrected chi connectivity index (χ0v) is 20.0. The molecule has 0 radical (unpaired) electrons. The van der Waals surface area contributed by atoms with Crippen molar-refractivity contribution in [2.75, 3.05) is 24.9 Å². The van der Waals surface area contributed by atoms with Crippen molar-refractivity contribution in [3.8, 4) is 0 Å². The average molecular weight is 514 g/mol. The average Bonchev–Trinajstić information content (AvgIpc) is 3.33. The molecule has 184 valence electrons. The predicted molar refractivity (Wildman–Crippen MR) is 122 cm³/mol. The summed E-state index contributed by atoms with van der Waals surface area (Å²) in [5, 5.41) is 20.9. The van der Waals surface area contributed by atoms with Gasteiger partial charge in [-0.25, -0.2) is 4.98 Å². The van der Waals surface area contributed by atoms with E-state index in [9.17, 15) is 14.8 Å². The Hall–Kier alpha value is -2.15. The number of halogens is 1. The van der Waals surface area contributed by atoms with E-state index in [0.717, 1.165) is 5.56 Å². The van der Waals surface area contributed by atoms with E-state index < -0.39 is 38.5 Å². The third-order valence-corrected chi connectivity index (χ3v) is 6.41. The van der Waals surface area contributed by atoms with E-state index in [-0.39, 0.29) is 23.6 Å². The molecular weight excluding hydrogens is 489 g/mol. The molecule has 3 aromatic rings. The maximum absolute atomic E-state index is 11.0. The molecule has 12 nitrogen and oxygen atoms in total. The second kappa shape index (κ2) is 9.84. The summed E-state index contributed by atoms with van der Waals surface area (Å²) >= 11 is 6.22. The van der Waals surface area contributed by atoms with Gasteiger partial charge in [-0.3, -0.25) is 9.13 Å². The number of aliphatic hydroxyl groups excluding tert-OH is 2. The van der Waals surface area contributed by atoms with Crippen LogP contribution in [-0.4, -0.2) is 77.8 Å². The van der Waals surface area contributed by atoms with Crippen molar-refractivity contribution in [3.05, 3.63) is 47.5 Å². The fourth-order valence-electron chi connectivity index (χ4n) is 3.83. The highest BCUT2D eigenvalue weighted by atomic mass is 35.5. The minimum Gasteiger partial charge on any atom is -0.387 e. The van der Waals surface area contributed by atoms with Crippen LogP contribution in [-0.2, 0) is 14.0 Å². The van der Waals surface area contributed by atoms with Gasteiger partial charge in [0.05, 0.1) is 19.0 Å². The van der Waals surface area contributed by atoms with Crippen molar-refractivity contribution >= 4 is 36.2 Å². The first-order chi connectivity index (χ1) is 16.1. The SMILES string of the molecule is C[C@H](c1ccccc1)N(C)c1nc(Cl)nc2c1ncn2[C@@H]1O[C@H](COCP(=O)(O)O)[C@@H](O)[C@H]1O. The fourth-order valence-corrected chi connectivity index (χ4v) is 4.33. The Morgan fingerprint density at radius 2 is 1.94 bits per heavy atom. The minimum absolute atomic E-state index is 0.0362. The molecule has 5 atom stereocenters. The molecule has 1 aliphatic heterocycles. The number of imidazole rings is 1. The van der Waals surface area contributed by atoms with Gasteiger partial charge in [-0.15, -0.1) is 0 Å². The third kappa shape index (κ3) is 5.09. The molecule has 3 heterocycles. The molecule has 2 aromatic heterocycles. The molecule has 0 aliphatic carbocycles. The molecule has 14 heteroatoms. The fraction of sp³-hybridized carbons (Fsp3) is 0.450. The first kappa shape index (κ1) is 25.0. The maximum Gasteiger partial charge on any atom is 0.350 e. The van der Waals surface area contributed by atoms with E-state index in [1.54, 1.807) is 0 Å². The van der Waals surface area contributed by atoms with Crippen LogP contribution in [0.4, 0.5) is 5.82 Å². The number of hydrogen-bond donors (Lipinski definition) is 4. The summed E-state index contributed by atoms with van der Waals surface area (Å²) in [7, 11) is -2.52. The zero-order chi connectivity index (χ0) is 24.6. The van der Waals surface area contributed by atoms with Crippen molar-refractivity contribution in [1.29, 1.82) is 0 Å². The molecule has 1 fully saturated rings.